The van der Waals surface area contributed by atoms with Crippen molar-refractivity contribution in [2.75, 3.05) is 0 Å². The minimum absolute atomic E-state index is 0.0652. The molecule has 0 saturated heterocycles. The number of hydrogen-bond acceptors (Lipinski definition) is 4. The van der Waals surface area contributed by atoms with E-state index in [-0.39, 0.29) is 18.1 Å². The van der Waals surface area contributed by atoms with E-state index in [0.717, 1.165) is 0 Å². The van der Waals surface area contributed by atoms with Crippen LogP contribution in [0.15, 0.2) is 12.3 Å². The van der Waals surface area contributed by atoms with Gasteiger partial charge in [0.25, 0.3) is 0 Å². The van der Waals surface area contributed by atoms with Crippen LogP contribution in [-0.2, 0) is 0 Å². The second-order valence-corrected chi connectivity index (χ2v) is 3.32. The van der Waals surface area contributed by atoms with E-state index in [1.807, 2.05) is 13.0 Å². The molecule has 0 amide bonds. The van der Waals surface area contributed by atoms with Gasteiger partial charge < -0.3 is 0 Å². The fraction of sp³-hybridized carbons (Fsp3) is 0.455. The molecule has 0 aliphatic rings. The van der Waals surface area contributed by atoms with Gasteiger partial charge in [-0.25, -0.2) is 9.97 Å². The first-order valence-electron chi connectivity index (χ1n) is 4.89. The van der Waals surface area contributed by atoms with Crippen LogP contribution in [-0.4, -0.2) is 15.8 Å². The molecule has 0 fully saturated rings. The summed E-state index contributed by atoms with van der Waals surface area (Å²) in [6.07, 6.45) is 2.47. The lowest BCUT2D eigenvalue weighted by molar-refractivity contribution is 0.0913. The van der Waals surface area contributed by atoms with Crippen molar-refractivity contribution in [3.63, 3.8) is 0 Å². The van der Waals surface area contributed by atoms with Gasteiger partial charge in [-0.05, 0) is 19.4 Å². The monoisotopic (exact) mass is 203 g/mol. The van der Waals surface area contributed by atoms with E-state index in [1.54, 1.807) is 19.2 Å². The molecule has 0 N–H and O–H groups in total. The van der Waals surface area contributed by atoms with E-state index in [9.17, 15) is 4.79 Å². The quantitative estimate of drug-likeness (QED) is 0.701. The zero-order valence-electron chi connectivity index (χ0n) is 8.90. The van der Waals surface area contributed by atoms with Gasteiger partial charge in [-0.3, -0.25) is 4.79 Å². The number of carbonyl (C=O) groups is 1. The molecule has 4 nitrogen and oxygen atoms in total. The second-order valence-electron chi connectivity index (χ2n) is 3.32. The van der Waals surface area contributed by atoms with Gasteiger partial charge in [0.2, 0.25) is 0 Å². The third kappa shape index (κ3) is 2.84. The van der Waals surface area contributed by atoms with Crippen molar-refractivity contribution in [1.82, 2.24) is 9.97 Å². The van der Waals surface area contributed by atoms with Crippen LogP contribution in [0.25, 0.3) is 0 Å². The maximum atomic E-state index is 11.9. The van der Waals surface area contributed by atoms with E-state index < -0.39 is 0 Å². The zero-order chi connectivity index (χ0) is 11.3. The SMILES string of the molecule is CCC(CC#N)C(=O)c1ccnc(C)n1. The number of hydrogen-bond donors (Lipinski definition) is 0. The Bertz CT molecular complexity index is 395. The average molecular weight is 203 g/mol. The van der Waals surface area contributed by atoms with Crippen LogP contribution < -0.4 is 0 Å². The number of nitrogens with zero attached hydrogens (tertiary/aromatic N) is 3. The fourth-order valence-corrected chi connectivity index (χ4v) is 1.34. The number of aryl methyl sites for hydroxylation is 1. The normalized spacial score (nSPS) is 11.8. The summed E-state index contributed by atoms with van der Waals surface area (Å²) in [5, 5.41) is 8.58. The molecule has 1 aromatic rings. The third-order valence-corrected chi connectivity index (χ3v) is 2.23. The van der Waals surface area contributed by atoms with Crippen LogP contribution in [0, 0.1) is 24.2 Å². The van der Waals surface area contributed by atoms with E-state index >= 15 is 0 Å². The van der Waals surface area contributed by atoms with Gasteiger partial charge in [0.05, 0.1) is 6.07 Å². The molecule has 0 spiro atoms. The molecule has 1 atom stereocenters. The van der Waals surface area contributed by atoms with E-state index in [1.165, 1.54) is 0 Å². The standard InChI is InChI=1S/C11H13N3O/c1-3-9(4-6-12)11(15)10-5-7-13-8(2)14-10/h5,7,9H,3-4H2,1-2H3. The Balaban J connectivity index is 2.88. The average Bonchev–Trinajstić information content (AvgIpc) is 2.25. The van der Waals surface area contributed by atoms with Gasteiger partial charge in [-0.15, -0.1) is 0 Å². The van der Waals surface area contributed by atoms with Gasteiger partial charge in [-0.2, -0.15) is 5.26 Å². The minimum atomic E-state index is -0.246. The molecule has 1 rings (SSSR count). The summed E-state index contributed by atoms with van der Waals surface area (Å²) in [6.45, 7) is 3.63. The molecule has 0 bridgehead atoms. The number of Topliss-reactive ketones (excluding diaryl/α,β-unsaturated/α-hetero) is 1. The van der Waals surface area contributed by atoms with Crippen LogP contribution in [0.4, 0.5) is 0 Å². The molecule has 78 valence electrons. The highest BCUT2D eigenvalue weighted by molar-refractivity contribution is 5.96. The molecule has 0 saturated carbocycles. The summed E-state index contributed by atoms with van der Waals surface area (Å²) in [5.41, 5.74) is 0.407. The van der Waals surface area contributed by atoms with Crippen molar-refractivity contribution < 1.29 is 4.79 Å². The van der Waals surface area contributed by atoms with Gasteiger partial charge >= 0.3 is 0 Å². The maximum Gasteiger partial charge on any atom is 0.185 e. The van der Waals surface area contributed by atoms with E-state index in [2.05, 4.69) is 9.97 Å². The molecule has 4 heteroatoms. The van der Waals surface area contributed by atoms with Crippen LogP contribution in [0.2, 0.25) is 0 Å². The van der Waals surface area contributed by atoms with Crippen molar-refractivity contribution in [2.45, 2.75) is 26.7 Å². The van der Waals surface area contributed by atoms with Gasteiger partial charge in [0.15, 0.2) is 5.78 Å². The molecule has 0 aromatic carbocycles. The Morgan fingerprint density at radius 1 is 1.67 bits per heavy atom. The Morgan fingerprint density at radius 3 is 2.93 bits per heavy atom. The summed E-state index contributed by atoms with van der Waals surface area (Å²) in [4.78, 5) is 19.9. The van der Waals surface area contributed by atoms with Gasteiger partial charge in [0, 0.05) is 18.5 Å². The van der Waals surface area contributed by atoms with Crippen molar-refractivity contribution in [2.24, 2.45) is 5.92 Å². The Morgan fingerprint density at radius 2 is 2.40 bits per heavy atom. The highest BCUT2D eigenvalue weighted by atomic mass is 16.1. The van der Waals surface area contributed by atoms with Crippen molar-refractivity contribution in [3.05, 3.63) is 23.8 Å². The van der Waals surface area contributed by atoms with Gasteiger partial charge in [-0.1, -0.05) is 6.92 Å². The first-order valence-corrected chi connectivity index (χ1v) is 4.89. The zero-order valence-corrected chi connectivity index (χ0v) is 8.90. The molecule has 1 heterocycles. The van der Waals surface area contributed by atoms with E-state index in [4.69, 9.17) is 5.26 Å². The smallest absolute Gasteiger partial charge is 0.185 e. The highest BCUT2D eigenvalue weighted by Crippen LogP contribution is 2.13. The topological polar surface area (TPSA) is 66.6 Å². The lowest BCUT2D eigenvalue weighted by Crippen LogP contribution is -2.15. The third-order valence-electron chi connectivity index (χ3n) is 2.23. The molecule has 1 unspecified atom stereocenters. The first kappa shape index (κ1) is 11.3. The van der Waals surface area contributed by atoms with Crippen LogP contribution in [0.1, 0.15) is 36.1 Å². The van der Waals surface area contributed by atoms with Crippen molar-refractivity contribution in [1.29, 1.82) is 5.26 Å². The summed E-state index contributed by atoms with van der Waals surface area (Å²) in [6, 6.07) is 3.61. The van der Waals surface area contributed by atoms with Gasteiger partial charge in [0.1, 0.15) is 11.5 Å². The lowest BCUT2D eigenvalue weighted by atomic mass is 9.96. The van der Waals surface area contributed by atoms with Crippen LogP contribution in [0.3, 0.4) is 0 Å². The Hall–Kier alpha value is -1.76. The lowest BCUT2D eigenvalue weighted by Gasteiger charge is -2.08. The minimum Gasteiger partial charge on any atom is -0.292 e. The number of ketones is 1. The molecule has 0 radical (unpaired) electrons. The number of aromatic nitrogens is 2. The predicted octanol–water partition coefficient (Wildman–Crippen LogP) is 1.91. The number of nitriles is 1. The first-order chi connectivity index (χ1) is 7.19. The molecule has 0 aliphatic heterocycles. The summed E-state index contributed by atoms with van der Waals surface area (Å²) in [5.74, 6) is 0.265. The Kier molecular flexibility index (Phi) is 3.92. The number of carbonyl (C=O) groups excluding carboxylic acids is 1. The molecule has 1 aromatic heterocycles. The van der Waals surface area contributed by atoms with E-state index in [0.29, 0.717) is 17.9 Å². The maximum absolute atomic E-state index is 11.9. The van der Waals surface area contributed by atoms with Crippen molar-refractivity contribution in [3.8, 4) is 6.07 Å². The highest BCUT2D eigenvalue weighted by Gasteiger charge is 2.19. The Labute approximate surface area is 89.0 Å². The fourth-order valence-electron chi connectivity index (χ4n) is 1.34. The number of rotatable bonds is 4. The van der Waals surface area contributed by atoms with Crippen molar-refractivity contribution >= 4 is 5.78 Å². The second kappa shape index (κ2) is 5.20. The molecule has 0 aliphatic carbocycles. The summed E-state index contributed by atoms with van der Waals surface area (Å²) in [7, 11) is 0. The van der Waals surface area contributed by atoms with Crippen LogP contribution >= 0.6 is 0 Å². The molecular formula is C11H13N3O. The summed E-state index contributed by atoms with van der Waals surface area (Å²) >= 11 is 0. The predicted molar refractivity (Wildman–Crippen MR) is 55.1 cm³/mol. The molecule has 15 heavy (non-hydrogen) atoms. The summed E-state index contributed by atoms with van der Waals surface area (Å²) < 4.78 is 0. The molecular weight excluding hydrogens is 190 g/mol. The van der Waals surface area contributed by atoms with Crippen LogP contribution in [0.5, 0.6) is 0 Å². The largest absolute Gasteiger partial charge is 0.292 e.